The van der Waals surface area contributed by atoms with Gasteiger partial charge in [-0.1, -0.05) is 26.0 Å². The van der Waals surface area contributed by atoms with Gasteiger partial charge >= 0.3 is 0 Å². The highest BCUT2D eigenvalue weighted by Gasteiger charge is 2.18. The number of nitrogens with two attached hydrogens (primary N) is 1. The molecule has 0 heterocycles. The highest BCUT2D eigenvalue weighted by Crippen LogP contribution is 2.36. The molecule has 1 rings (SSSR count). The zero-order valence-corrected chi connectivity index (χ0v) is 11.0. The third-order valence-electron chi connectivity index (χ3n) is 2.72. The molecule has 0 aliphatic heterocycles. The smallest absolute Gasteiger partial charge is 0.165 e. The molecule has 0 bridgehead atoms. The first-order valence-electron chi connectivity index (χ1n) is 5.81. The number of ether oxygens (including phenoxy) is 2. The van der Waals surface area contributed by atoms with Crippen LogP contribution in [-0.4, -0.2) is 14.2 Å². The first-order chi connectivity index (χ1) is 8.13. The van der Waals surface area contributed by atoms with Gasteiger partial charge in [0.25, 0.3) is 0 Å². The second kappa shape index (κ2) is 6.47. The van der Waals surface area contributed by atoms with Crippen molar-refractivity contribution in [2.45, 2.75) is 26.3 Å². The van der Waals surface area contributed by atoms with E-state index in [4.69, 9.17) is 15.3 Å². The largest absolute Gasteiger partial charge is 0.493 e. The third kappa shape index (κ3) is 3.35. The topological polar surface area (TPSA) is 56.5 Å². The van der Waals surface area contributed by atoms with E-state index in [9.17, 15) is 0 Å². The summed E-state index contributed by atoms with van der Waals surface area (Å²) in [4.78, 5) is 0. The Morgan fingerprint density at radius 3 is 2.41 bits per heavy atom. The van der Waals surface area contributed by atoms with Gasteiger partial charge in [0.05, 0.1) is 20.3 Å². The summed E-state index contributed by atoms with van der Waals surface area (Å²) in [6.07, 6.45) is 0.944. The number of para-hydroxylation sites is 1. The van der Waals surface area contributed by atoms with Crippen molar-refractivity contribution >= 4 is 0 Å². The fourth-order valence-corrected chi connectivity index (χ4v) is 1.94. The summed E-state index contributed by atoms with van der Waals surface area (Å²) in [5.74, 6) is 7.65. The monoisotopic (exact) mass is 238 g/mol. The van der Waals surface area contributed by atoms with Gasteiger partial charge in [-0.3, -0.25) is 11.3 Å². The van der Waals surface area contributed by atoms with E-state index in [1.54, 1.807) is 14.2 Å². The number of hydrogen-bond acceptors (Lipinski definition) is 4. The van der Waals surface area contributed by atoms with Crippen molar-refractivity contribution in [3.63, 3.8) is 0 Å². The Bertz CT molecular complexity index is 353. The molecule has 0 radical (unpaired) electrons. The van der Waals surface area contributed by atoms with Crippen molar-refractivity contribution in [3.05, 3.63) is 23.8 Å². The van der Waals surface area contributed by atoms with Crippen molar-refractivity contribution in [3.8, 4) is 11.5 Å². The maximum absolute atomic E-state index is 5.62. The second-order valence-corrected chi connectivity index (χ2v) is 4.43. The number of rotatable bonds is 6. The Kier molecular flexibility index (Phi) is 5.25. The Balaban J connectivity index is 3.09. The average molecular weight is 238 g/mol. The maximum Gasteiger partial charge on any atom is 0.165 e. The molecule has 1 unspecified atom stereocenters. The van der Waals surface area contributed by atoms with Gasteiger partial charge in [-0.15, -0.1) is 0 Å². The van der Waals surface area contributed by atoms with E-state index in [1.807, 2.05) is 18.2 Å². The van der Waals surface area contributed by atoms with Gasteiger partial charge in [-0.05, 0) is 18.4 Å². The molecule has 1 atom stereocenters. The van der Waals surface area contributed by atoms with Crippen LogP contribution >= 0.6 is 0 Å². The van der Waals surface area contributed by atoms with Crippen LogP contribution in [0, 0.1) is 5.92 Å². The summed E-state index contributed by atoms with van der Waals surface area (Å²) in [5, 5.41) is 0. The summed E-state index contributed by atoms with van der Waals surface area (Å²) in [7, 11) is 3.28. The molecule has 0 aromatic heterocycles. The van der Waals surface area contributed by atoms with Crippen LogP contribution in [0.25, 0.3) is 0 Å². The van der Waals surface area contributed by atoms with Crippen LogP contribution in [0.5, 0.6) is 11.5 Å². The molecule has 0 aliphatic carbocycles. The fraction of sp³-hybridized carbons (Fsp3) is 0.538. The van der Waals surface area contributed by atoms with E-state index in [0.717, 1.165) is 23.5 Å². The summed E-state index contributed by atoms with van der Waals surface area (Å²) in [5.41, 5.74) is 3.87. The molecule has 1 aromatic carbocycles. The number of benzene rings is 1. The predicted molar refractivity (Wildman–Crippen MR) is 69.1 cm³/mol. The third-order valence-corrected chi connectivity index (χ3v) is 2.72. The quantitative estimate of drug-likeness (QED) is 0.589. The van der Waals surface area contributed by atoms with Gasteiger partial charge in [0.1, 0.15) is 0 Å². The lowest BCUT2D eigenvalue weighted by Gasteiger charge is -2.22. The van der Waals surface area contributed by atoms with Crippen LogP contribution < -0.4 is 20.7 Å². The Hall–Kier alpha value is -1.26. The molecule has 0 amide bonds. The van der Waals surface area contributed by atoms with Crippen LogP contribution in [0.4, 0.5) is 0 Å². The minimum Gasteiger partial charge on any atom is -0.493 e. The first kappa shape index (κ1) is 13.8. The molecule has 0 aliphatic rings. The lowest BCUT2D eigenvalue weighted by atomic mass is 9.96. The van der Waals surface area contributed by atoms with Crippen LogP contribution in [0.15, 0.2) is 18.2 Å². The number of hydrogen-bond donors (Lipinski definition) is 2. The molecule has 1 aromatic rings. The number of nitrogens with one attached hydrogen (secondary N) is 1. The molecule has 0 saturated carbocycles. The average Bonchev–Trinajstić information content (AvgIpc) is 2.34. The van der Waals surface area contributed by atoms with Gasteiger partial charge in [0, 0.05) is 5.56 Å². The summed E-state index contributed by atoms with van der Waals surface area (Å²) >= 11 is 0. The molecule has 4 nitrogen and oxygen atoms in total. The molecule has 0 spiro atoms. The van der Waals surface area contributed by atoms with Crippen LogP contribution in [-0.2, 0) is 0 Å². The van der Waals surface area contributed by atoms with Gasteiger partial charge in [-0.2, -0.15) is 0 Å². The molecule has 0 saturated heterocycles. The van der Waals surface area contributed by atoms with E-state index in [0.29, 0.717) is 5.92 Å². The summed E-state index contributed by atoms with van der Waals surface area (Å²) in [6, 6.07) is 5.90. The lowest BCUT2D eigenvalue weighted by Crippen LogP contribution is -2.29. The molecule has 4 heteroatoms. The zero-order valence-electron chi connectivity index (χ0n) is 11.0. The highest BCUT2D eigenvalue weighted by atomic mass is 16.5. The van der Waals surface area contributed by atoms with Gasteiger partial charge in [0.15, 0.2) is 11.5 Å². The first-order valence-corrected chi connectivity index (χ1v) is 5.81. The van der Waals surface area contributed by atoms with Crippen molar-refractivity contribution < 1.29 is 9.47 Å². The minimum absolute atomic E-state index is 0.0695. The molecule has 0 fully saturated rings. The van der Waals surface area contributed by atoms with E-state index in [2.05, 4.69) is 19.3 Å². The van der Waals surface area contributed by atoms with Crippen molar-refractivity contribution in [1.82, 2.24) is 5.43 Å². The lowest BCUT2D eigenvalue weighted by molar-refractivity contribution is 0.341. The summed E-state index contributed by atoms with van der Waals surface area (Å²) < 4.78 is 10.7. The van der Waals surface area contributed by atoms with Gasteiger partial charge < -0.3 is 9.47 Å². The second-order valence-electron chi connectivity index (χ2n) is 4.43. The maximum atomic E-state index is 5.62. The van der Waals surface area contributed by atoms with Crippen LogP contribution in [0.1, 0.15) is 31.9 Å². The Morgan fingerprint density at radius 1 is 1.24 bits per heavy atom. The molecule has 3 N–H and O–H groups in total. The highest BCUT2D eigenvalue weighted by molar-refractivity contribution is 5.48. The molecule has 96 valence electrons. The van der Waals surface area contributed by atoms with Crippen molar-refractivity contribution in [1.29, 1.82) is 0 Å². The Morgan fingerprint density at radius 2 is 1.94 bits per heavy atom. The van der Waals surface area contributed by atoms with E-state index < -0.39 is 0 Å². The van der Waals surface area contributed by atoms with E-state index in [-0.39, 0.29) is 6.04 Å². The van der Waals surface area contributed by atoms with Gasteiger partial charge in [0.2, 0.25) is 0 Å². The predicted octanol–water partition coefficient (Wildman–Crippen LogP) is 2.25. The van der Waals surface area contributed by atoms with Crippen molar-refractivity contribution in [2.24, 2.45) is 11.8 Å². The minimum atomic E-state index is 0.0695. The van der Waals surface area contributed by atoms with Crippen LogP contribution in [0.2, 0.25) is 0 Å². The Labute approximate surface area is 103 Å². The normalized spacial score (nSPS) is 12.6. The van der Waals surface area contributed by atoms with Crippen LogP contribution in [0.3, 0.4) is 0 Å². The van der Waals surface area contributed by atoms with Gasteiger partial charge in [-0.25, -0.2) is 0 Å². The molecular formula is C13H22N2O2. The van der Waals surface area contributed by atoms with E-state index in [1.165, 1.54) is 0 Å². The molecule has 17 heavy (non-hydrogen) atoms. The standard InChI is InChI=1S/C13H22N2O2/c1-9(2)8-11(15-14)10-6-5-7-12(16-3)13(10)17-4/h5-7,9,11,15H,8,14H2,1-4H3. The SMILES string of the molecule is COc1cccc(C(CC(C)C)NN)c1OC. The molecular weight excluding hydrogens is 216 g/mol. The van der Waals surface area contributed by atoms with Crippen molar-refractivity contribution in [2.75, 3.05) is 14.2 Å². The number of methoxy groups -OCH3 is 2. The fourth-order valence-electron chi connectivity index (χ4n) is 1.94. The zero-order chi connectivity index (χ0) is 12.8. The number of hydrazine groups is 1. The van der Waals surface area contributed by atoms with E-state index >= 15 is 0 Å². The summed E-state index contributed by atoms with van der Waals surface area (Å²) in [6.45, 7) is 4.33.